The molecule has 0 amide bonds. The minimum absolute atomic E-state index is 0.0227. The van der Waals surface area contributed by atoms with Gasteiger partial charge in [-0.05, 0) is 24.3 Å². The molecule has 4 aromatic rings. The van der Waals surface area contributed by atoms with E-state index in [0.29, 0.717) is 40.7 Å². The molecule has 1 N–H and O–H groups in total. The third-order valence-corrected chi connectivity index (χ3v) is 5.60. The summed E-state index contributed by atoms with van der Waals surface area (Å²) in [5.74, 6) is 0.632. The van der Waals surface area contributed by atoms with Gasteiger partial charge in [-0.3, -0.25) is 0 Å². The molecule has 0 radical (unpaired) electrons. The van der Waals surface area contributed by atoms with Crippen molar-refractivity contribution in [2.45, 2.75) is 25.1 Å². The first-order valence-electron chi connectivity index (χ1n) is 10.5. The largest absolute Gasteiger partial charge is 0.481 e. The Morgan fingerprint density at radius 3 is 2.88 bits per heavy atom. The molecule has 0 aliphatic carbocycles. The number of aromatic nitrogens is 6. The molecule has 0 bridgehead atoms. The number of pyridine rings is 1. The van der Waals surface area contributed by atoms with Crippen molar-refractivity contribution in [3.63, 3.8) is 0 Å². The molecule has 170 valence electrons. The van der Waals surface area contributed by atoms with Crippen LogP contribution in [0.1, 0.15) is 23.7 Å². The van der Waals surface area contributed by atoms with Gasteiger partial charge in [0.25, 0.3) is 0 Å². The Morgan fingerprint density at radius 1 is 1.18 bits per heavy atom. The number of hydrogen-bond acceptors (Lipinski definition) is 8. The molecule has 2 atom stereocenters. The van der Waals surface area contributed by atoms with Crippen molar-refractivity contribution in [3.05, 3.63) is 59.9 Å². The highest BCUT2D eigenvalue weighted by Gasteiger charge is 2.36. The lowest BCUT2D eigenvalue weighted by Crippen LogP contribution is -2.26. The highest BCUT2D eigenvalue weighted by Crippen LogP contribution is 2.40. The van der Waals surface area contributed by atoms with E-state index in [1.807, 2.05) is 0 Å². The fourth-order valence-electron chi connectivity index (χ4n) is 4.13. The first-order valence-corrected chi connectivity index (χ1v) is 10.5. The van der Waals surface area contributed by atoms with Gasteiger partial charge >= 0.3 is 0 Å². The maximum atomic E-state index is 14.6. The molecule has 0 spiro atoms. The number of aliphatic hydroxyl groups excluding tert-OH is 1. The molecular weight excluding hydrogens is 432 g/mol. The SMILES string of the molecule is COc1ncc(F)cc1[C@H]1C[C@H](F)CN1c1ccc2ncc(-c3nccc(CCO)n3)n2n1. The molecule has 4 aromatic heterocycles. The van der Waals surface area contributed by atoms with Crippen LogP contribution in [0.3, 0.4) is 0 Å². The third-order valence-electron chi connectivity index (χ3n) is 5.60. The minimum atomic E-state index is -1.12. The van der Waals surface area contributed by atoms with Gasteiger partial charge in [0, 0.05) is 36.9 Å². The predicted octanol–water partition coefficient (Wildman–Crippen LogP) is 2.55. The molecule has 5 rings (SSSR count). The molecule has 33 heavy (non-hydrogen) atoms. The van der Waals surface area contributed by atoms with E-state index in [9.17, 15) is 13.9 Å². The summed E-state index contributed by atoms with van der Waals surface area (Å²) in [5, 5.41) is 13.9. The number of rotatable bonds is 6. The van der Waals surface area contributed by atoms with Crippen LogP contribution in [0.25, 0.3) is 17.2 Å². The summed E-state index contributed by atoms with van der Waals surface area (Å²) in [6.45, 7) is 0.0699. The molecule has 1 saturated heterocycles. The Labute approximate surface area is 187 Å². The highest BCUT2D eigenvalue weighted by atomic mass is 19.1. The van der Waals surface area contributed by atoms with Gasteiger partial charge in [-0.25, -0.2) is 33.2 Å². The third kappa shape index (κ3) is 3.95. The highest BCUT2D eigenvalue weighted by molar-refractivity contribution is 5.58. The van der Waals surface area contributed by atoms with E-state index in [1.54, 1.807) is 40.0 Å². The molecular formula is C22H21F2N7O2. The Balaban J connectivity index is 1.56. The number of imidazole rings is 1. The van der Waals surface area contributed by atoms with E-state index in [-0.39, 0.29) is 25.5 Å². The second-order valence-electron chi connectivity index (χ2n) is 7.70. The summed E-state index contributed by atoms with van der Waals surface area (Å²) in [5.41, 5.74) is 2.29. The smallest absolute Gasteiger partial charge is 0.218 e. The van der Waals surface area contributed by atoms with Crippen LogP contribution in [0, 0.1) is 5.82 Å². The van der Waals surface area contributed by atoms with Gasteiger partial charge in [0.2, 0.25) is 5.88 Å². The van der Waals surface area contributed by atoms with Gasteiger partial charge in [-0.15, -0.1) is 5.10 Å². The van der Waals surface area contributed by atoms with E-state index in [0.717, 1.165) is 6.20 Å². The quantitative estimate of drug-likeness (QED) is 0.475. The zero-order valence-electron chi connectivity index (χ0n) is 17.8. The van der Waals surface area contributed by atoms with Crippen molar-refractivity contribution in [2.24, 2.45) is 0 Å². The number of aliphatic hydroxyl groups is 1. The van der Waals surface area contributed by atoms with Gasteiger partial charge in [0.1, 0.15) is 23.5 Å². The van der Waals surface area contributed by atoms with Gasteiger partial charge in [-0.2, -0.15) is 0 Å². The number of ether oxygens (including phenoxy) is 1. The lowest BCUT2D eigenvalue weighted by Gasteiger charge is -2.26. The molecule has 1 aliphatic rings. The second kappa shape index (κ2) is 8.66. The number of anilines is 1. The van der Waals surface area contributed by atoms with Gasteiger partial charge in [-0.1, -0.05) is 0 Å². The van der Waals surface area contributed by atoms with Crippen LogP contribution in [0.4, 0.5) is 14.6 Å². The number of nitrogens with zero attached hydrogens (tertiary/aromatic N) is 7. The number of fused-ring (bicyclic) bond motifs is 1. The summed E-state index contributed by atoms with van der Waals surface area (Å²) in [7, 11) is 1.45. The molecule has 5 heterocycles. The molecule has 9 nitrogen and oxygen atoms in total. The van der Waals surface area contributed by atoms with E-state index >= 15 is 0 Å². The zero-order chi connectivity index (χ0) is 22.9. The van der Waals surface area contributed by atoms with Crippen LogP contribution < -0.4 is 9.64 Å². The Hall–Kier alpha value is -3.73. The van der Waals surface area contributed by atoms with E-state index in [4.69, 9.17) is 4.74 Å². The fraction of sp³-hybridized carbons (Fsp3) is 0.318. The number of methoxy groups -OCH3 is 1. The van der Waals surface area contributed by atoms with Crippen molar-refractivity contribution >= 4 is 11.5 Å². The van der Waals surface area contributed by atoms with Crippen LogP contribution in [0.15, 0.2) is 42.9 Å². The average molecular weight is 453 g/mol. The lowest BCUT2D eigenvalue weighted by molar-refractivity contribution is 0.298. The first kappa shape index (κ1) is 21.1. The Kier molecular flexibility index (Phi) is 5.55. The Bertz CT molecular complexity index is 1300. The van der Waals surface area contributed by atoms with Crippen LogP contribution in [0.5, 0.6) is 5.88 Å². The molecule has 11 heteroatoms. The Morgan fingerprint density at radius 2 is 2.06 bits per heavy atom. The van der Waals surface area contributed by atoms with Crippen LogP contribution in [-0.2, 0) is 6.42 Å². The maximum Gasteiger partial charge on any atom is 0.218 e. The van der Waals surface area contributed by atoms with Crippen LogP contribution in [0.2, 0.25) is 0 Å². The molecule has 0 aromatic carbocycles. The predicted molar refractivity (Wildman–Crippen MR) is 115 cm³/mol. The van der Waals surface area contributed by atoms with Crippen molar-refractivity contribution in [1.29, 1.82) is 0 Å². The standard InChI is InChI=1S/C22H21F2N7O2/c1-33-22-16(8-13(23)10-27-22)17-9-14(24)12-30(17)20-3-2-19-26-11-18(31(19)29-20)21-25-6-4-15(28-21)5-7-32/h2-4,6,8,10-11,14,17,32H,5,7,9,12H2,1H3/t14-,17+/m0/s1. The summed E-state index contributed by atoms with van der Waals surface area (Å²) in [6, 6.07) is 6.08. The van der Waals surface area contributed by atoms with Gasteiger partial charge in [0.15, 0.2) is 11.5 Å². The molecule has 1 aliphatic heterocycles. The zero-order valence-corrected chi connectivity index (χ0v) is 17.8. The van der Waals surface area contributed by atoms with Crippen molar-refractivity contribution in [2.75, 3.05) is 25.2 Å². The molecule has 1 fully saturated rings. The van der Waals surface area contributed by atoms with Crippen LogP contribution in [-0.4, -0.2) is 61.1 Å². The minimum Gasteiger partial charge on any atom is -0.481 e. The summed E-state index contributed by atoms with van der Waals surface area (Å²) in [4.78, 5) is 18.9. The number of hydrogen-bond donors (Lipinski definition) is 1. The summed E-state index contributed by atoms with van der Waals surface area (Å²) < 4.78 is 35.4. The van der Waals surface area contributed by atoms with Gasteiger partial charge in [0.05, 0.1) is 32.1 Å². The first-order chi connectivity index (χ1) is 16.1. The summed E-state index contributed by atoms with van der Waals surface area (Å²) in [6.07, 6.45) is 3.74. The molecule has 0 saturated carbocycles. The molecule has 0 unspecified atom stereocenters. The van der Waals surface area contributed by atoms with Crippen LogP contribution >= 0.6 is 0 Å². The second-order valence-corrected chi connectivity index (χ2v) is 7.70. The topological polar surface area (TPSA) is 102 Å². The van der Waals surface area contributed by atoms with Crippen molar-refractivity contribution in [1.82, 2.24) is 29.5 Å². The fourth-order valence-corrected chi connectivity index (χ4v) is 4.13. The number of alkyl halides is 1. The number of halogens is 2. The monoisotopic (exact) mass is 453 g/mol. The van der Waals surface area contributed by atoms with Crippen molar-refractivity contribution < 1.29 is 18.6 Å². The van der Waals surface area contributed by atoms with Crippen molar-refractivity contribution in [3.8, 4) is 17.4 Å². The van der Waals surface area contributed by atoms with Gasteiger partial charge < -0.3 is 14.7 Å². The van der Waals surface area contributed by atoms with E-state index in [2.05, 4.69) is 25.0 Å². The average Bonchev–Trinajstić information content (AvgIpc) is 3.42. The van der Waals surface area contributed by atoms with E-state index < -0.39 is 18.0 Å². The maximum absolute atomic E-state index is 14.6. The van der Waals surface area contributed by atoms with E-state index in [1.165, 1.54) is 13.2 Å². The summed E-state index contributed by atoms with van der Waals surface area (Å²) >= 11 is 0. The lowest BCUT2D eigenvalue weighted by atomic mass is 10.1. The normalized spacial score (nSPS) is 18.2.